The third kappa shape index (κ3) is 7.13. The fourth-order valence-electron chi connectivity index (χ4n) is 4.92. The first-order valence-corrected chi connectivity index (χ1v) is 13.1. The van der Waals surface area contributed by atoms with Gasteiger partial charge in [-0.25, -0.2) is 0 Å². The van der Waals surface area contributed by atoms with Crippen molar-refractivity contribution < 1.29 is 14.3 Å². The van der Waals surface area contributed by atoms with Crippen LogP contribution in [0.5, 0.6) is 0 Å². The zero-order valence-electron chi connectivity index (χ0n) is 21.7. The molecule has 0 aliphatic carbocycles. The average molecular weight is 523 g/mol. The molecule has 0 saturated carbocycles. The van der Waals surface area contributed by atoms with Gasteiger partial charge in [-0.1, -0.05) is 48.0 Å². The minimum absolute atomic E-state index is 0.0679. The molecule has 0 amide bonds. The predicted octanol–water partition coefficient (Wildman–Crippen LogP) is 5.13. The number of carbonyl (C=O) groups excluding carboxylic acids is 2. The van der Waals surface area contributed by atoms with Gasteiger partial charge in [-0.2, -0.15) is 5.10 Å². The van der Waals surface area contributed by atoms with Gasteiger partial charge in [0.25, 0.3) is 0 Å². The largest absolute Gasteiger partial charge is 0.460 e. The van der Waals surface area contributed by atoms with E-state index in [-0.39, 0.29) is 17.9 Å². The van der Waals surface area contributed by atoms with E-state index in [1.165, 1.54) is 5.56 Å². The molecule has 2 unspecified atom stereocenters. The summed E-state index contributed by atoms with van der Waals surface area (Å²) in [6.07, 6.45) is 4.77. The van der Waals surface area contributed by atoms with Crippen LogP contribution in [0.25, 0.3) is 0 Å². The number of aldehydes is 1. The van der Waals surface area contributed by atoms with E-state index in [1.54, 1.807) is 18.3 Å². The molecule has 2 aromatic rings. The van der Waals surface area contributed by atoms with E-state index in [1.807, 2.05) is 51.1 Å². The van der Waals surface area contributed by atoms with E-state index < -0.39 is 5.60 Å². The first kappa shape index (κ1) is 26.7. The first-order valence-electron chi connectivity index (χ1n) is 12.8. The lowest BCUT2D eigenvalue weighted by atomic mass is 9.88. The summed E-state index contributed by atoms with van der Waals surface area (Å²) in [6.45, 7) is 7.69. The first-order chi connectivity index (χ1) is 17.7. The highest BCUT2D eigenvalue weighted by Gasteiger charge is 2.40. The summed E-state index contributed by atoms with van der Waals surface area (Å²) in [4.78, 5) is 29.6. The fraction of sp³-hybridized carbons (Fsp3) is 0.414. The number of hydrogen-bond acceptors (Lipinski definition) is 7. The quantitative estimate of drug-likeness (QED) is 0.224. The van der Waals surface area contributed by atoms with Gasteiger partial charge in [0.15, 0.2) is 6.29 Å². The topological polar surface area (TPSA) is 74.2 Å². The number of piperidine rings is 1. The number of benzene rings is 2. The van der Waals surface area contributed by atoms with Crippen LogP contribution in [-0.4, -0.2) is 59.5 Å². The zero-order valence-corrected chi connectivity index (χ0v) is 22.4. The maximum atomic E-state index is 12.9. The minimum atomic E-state index is -0.517. The molecule has 1 fully saturated rings. The van der Waals surface area contributed by atoms with Crippen molar-refractivity contribution in [2.24, 2.45) is 11.0 Å². The highest BCUT2D eigenvalue weighted by Crippen LogP contribution is 2.33. The van der Waals surface area contributed by atoms with Gasteiger partial charge in [-0.3, -0.25) is 15.0 Å². The summed E-state index contributed by atoms with van der Waals surface area (Å²) in [7, 11) is 0. The smallest absolute Gasteiger partial charge is 0.309 e. The van der Waals surface area contributed by atoms with Gasteiger partial charge in [-0.05, 0) is 63.8 Å². The Morgan fingerprint density at radius 2 is 1.95 bits per heavy atom. The summed E-state index contributed by atoms with van der Waals surface area (Å²) >= 11 is 6.09. The third-order valence-corrected chi connectivity index (χ3v) is 6.86. The number of hydrazone groups is 1. The normalized spacial score (nSPS) is 20.1. The van der Waals surface area contributed by atoms with E-state index >= 15 is 0 Å². The lowest BCUT2D eigenvalue weighted by Crippen LogP contribution is -2.54. The van der Waals surface area contributed by atoms with Crippen molar-refractivity contribution in [1.82, 2.24) is 9.80 Å². The van der Waals surface area contributed by atoms with Gasteiger partial charge in [0, 0.05) is 30.7 Å². The maximum absolute atomic E-state index is 12.9. The maximum Gasteiger partial charge on any atom is 0.309 e. The highest BCUT2D eigenvalue weighted by molar-refractivity contribution is 6.30. The number of esters is 1. The summed E-state index contributed by atoms with van der Waals surface area (Å²) in [5, 5.41) is 5.05. The molecule has 37 heavy (non-hydrogen) atoms. The lowest BCUT2D eigenvalue weighted by Gasteiger charge is -2.48. The number of rotatable bonds is 8. The molecule has 1 saturated heterocycles. The van der Waals surface area contributed by atoms with Crippen LogP contribution in [0, 0.1) is 5.92 Å². The SMILES string of the molecule is CC(C)(C)OC(=O)C1CCN2C(/C=N\Nc3cccc(Cl)c3)=C(C=O)N(CCc3ccccc3)CC2C1. The van der Waals surface area contributed by atoms with Crippen LogP contribution in [0.2, 0.25) is 5.02 Å². The van der Waals surface area contributed by atoms with Gasteiger partial charge in [0.05, 0.1) is 23.5 Å². The van der Waals surface area contributed by atoms with Crippen molar-refractivity contribution >= 4 is 35.8 Å². The minimum Gasteiger partial charge on any atom is -0.460 e. The van der Waals surface area contributed by atoms with Crippen LogP contribution in [0.15, 0.2) is 71.1 Å². The van der Waals surface area contributed by atoms with Crippen LogP contribution >= 0.6 is 11.6 Å². The molecule has 4 rings (SSSR count). The predicted molar refractivity (Wildman–Crippen MR) is 147 cm³/mol. The van der Waals surface area contributed by atoms with Gasteiger partial charge in [-0.15, -0.1) is 0 Å². The Bertz CT molecular complexity index is 1160. The van der Waals surface area contributed by atoms with E-state index in [2.05, 4.69) is 32.5 Å². The number of hydrogen-bond donors (Lipinski definition) is 1. The molecular formula is C29H35ClN4O3. The number of allylic oxidation sites excluding steroid dienone is 2. The highest BCUT2D eigenvalue weighted by atomic mass is 35.5. The Balaban J connectivity index is 1.57. The number of fused-ring (bicyclic) bond motifs is 1. The zero-order chi connectivity index (χ0) is 26.4. The molecule has 2 heterocycles. The van der Waals surface area contributed by atoms with Crippen molar-refractivity contribution in [1.29, 1.82) is 0 Å². The third-order valence-electron chi connectivity index (χ3n) is 6.63. The van der Waals surface area contributed by atoms with Gasteiger partial charge < -0.3 is 14.5 Å². The standard InChI is InChI=1S/C29H35ClN4O3/c1-29(2,3)37-28(36)22-13-15-34-25(16-22)19-33(14-12-21-8-5-4-6-9-21)27(20-35)26(34)18-31-32-24-11-7-10-23(30)17-24/h4-11,17-18,20,22,25,32H,12-16,19H2,1-3H3/b31-18-. The van der Waals surface area contributed by atoms with Crippen LogP contribution in [0.1, 0.15) is 39.2 Å². The summed E-state index contributed by atoms with van der Waals surface area (Å²) in [5.74, 6) is -0.317. The van der Waals surface area contributed by atoms with Crippen molar-refractivity contribution in [2.45, 2.75) is 51.7 Å². The second-order valence-electron chi connectivity index (χ2n) is 10.6. The number of halogens is 1. The number of nitrogens with zero attached hydrogens (tertiary/aromatic N) is 3. The molecule has 2 aliphatic rings. The summed E-state index contributed by atoms with van der Waals surface area (Å²) < 4.78 is 5.70. The summed E-state index contributed by atoms with van der Waals surface area (Å²) in [6, 6.07) is 17.6. The lowest BCUT2D eigenvalue weighted by molar-refractivity contribution is -0.162. The van der Waals surface area contributed by atoms with Gasteiger partial charge in [0.1, 0.15) is 11.3 Å². The number of ether oxygens (including phenoxy) is 1. The van der Waals surface area contributed by atoms with Crippen molar-refractivity contribution in [2.75, 3.05) is 25.1 Å². The van der Waals surface area contributed by atoms with Crippen LogP contribution in [0.4, 0.5) is 5.69 Å². The van der Waals surface area contributed by atoms with Crippen LogP contribution in [0.3, 0.4) is 0 Å². The molecule has 0 radical (unpaired) electrons. The van der Waals surface area contributed by atoms with Crippen LogP contribution < -0.4 is 5.43 Å². The van der Waals surface area contributed by atoms with E-state index in [9.17, 15) is 9.59 Å². The molecule has 196 valence electrons. The van der Waals surface area contributed by atoms with Crippen molar-refractivity contribution in [3.8, 4) is 0 Å². The summed E-state index contributed by atoms with van der Waals surface area (Å²) in [5.41, 5.74) is 5.84. The Kier molecular flexibility index (Phi) is 8.54. The second kappa shape index (κ2) is 11.8. The van der Waals surface area contributed by atoms with Gasteiger partial charge in [0.2, 0.25) is 0 Å². The Morgan fingerprint density at radius 1 is 1.16 bits per heavy atom. The Labute approximate surface area is 224 Å². The molecular weight excluding hydrogens is 488 g/mol. The van der Waals surface area contributed by atoms with E-state index in [0.717, 1.165) is 24.1 Å². The Hall–Kier alpha value is -3.32. The van der Waals surface area contributed by atoms with Crippen molar-refractivity contribution in [3.05, 3.63) is 76.6 Å². The van der Waals surface area contributed by atoms with Gasteiger partial charge >= 0.3 is 5.97 Å². The molecule has 0 spiro atoms. The van der Waals surface area contributed by atoms with E-state index in [0.29, 0.717) is 43.2 Å². The Morgan fingerprint density at radius 3 is 2.65 bits per heavy atom. The van der Waals surface area contributed by atoms with Crippen LogP contribution in [-0.2, 0) is 20.7 Å². The molecule has 0 aromatic heterocycles. The molecule has 2 atom stereocenters. The molecule has 8 heteroatoms. The fourth-order valence-corrected chi connectivity index (χ4v) is 5.11. The molecule has 2 aliphatic heterocycles. The molecule has 1 N–H and O–H groups in total. The van der Waals surface area contributed by atoms with Crippen molar-refractivity contribution in [3.63, 3.8) is 0 Å². The molecule has 2 aromatic carbocycles. The monoisotopic (exact) mass is 522 g/mol. The number of anilines is 1. The molecule has 7 nitrogen and oxygen atoms in total. The average Bonchev–Trinajstić information content (AvgIpc) is 2.86. The second-order valence-corrected chi connectivity index (χ2v) is 11.0. The number of nitrogens with one attached hydrogen (secondary N) is 1. The number of carbonyl (C=O) groups is 2. The molecule has 0 bridgehead atoms. The van der Waals surface area contributed by atoms with E-state index in [4.69, 9.17) is 16.3 Å².